The Morgan fingerprint density at radius 2 is 2.19 bits per heavy atom. The van der Waals surface area contributed by atoms with Crippen molar-refractivity contribution in [3.8, 4) is 0 Å². The quantitative estimate of drug-likeness (QED) is 0.293. The lowest BCUT2D eigenvalue weighted by Gasteiger charge is -2.06. The van der Waals surface area contributed by atoms with Gasteiger partial charge in [-0.05, 0) is 12.1 Å². The number of carbonyl (C=O) groups is 1. The molecule has 0 aliphatic heterocycles. The van der Waals surface area contributed by atoms with Crippen molar-refractivity contribution in [2.75, 3.05) is 19.4 Å². The van der Waals surface area contributed by atoms with Crippen LogP contribution in [0.2, 0.25) is 0 Å². The van der Waals surface area contributed by atoms with Gasteiger partial charge in [0, 0.05) is 30.7 Å². The van der Waals surface area contributed by atoms with Crippen LogP contribution in [0.15, 0.2) is 18.2 Å². The molecule has 0 aliphatic carbocycles. The molecule has 0 aliphatic rings. The van der Waals surface area contributed by atoms with Crippen LogP contribution in [-0.4, -0.2) is 25.5 Å². The number of benzene rings is 1. The summed E-state index contributed by atoms with van der Waals surface area (Å²) in [4.78, 5) is 9.31. The molecule has 16 heavy (non-hydrogen) atoms. The molecule has 0 unspecified atom stereocenters. The Hall–Kier alpha value is -1.14. The summed E-state index contributed by atoms with van der Waals surface area (Å²) in [6.07, 6.45) is 0.528. The van der Waals surface area contributed by atoms with Crippen molar-refractivity contribution in [2.24, 2.45) is 5.84 Å². The van der Waals surface area contributed by atoms with E-state index in [4.69, 9.17) is 5.84 Å². The van der Waals surface area contributed by atoms with Crippen molar-refractivity contribution in [3.05, 3.63) is 29.6 Å². The summed E-state index contributed by atoms with van der Waals surface area (Å²) < 4.78 is 13.0. The summed E-state index contributed by atoms with van der Waals surface area (Å²) in [5.41, 5.74) is 1.51. The van der Waals surface area contributed by atoms with E-state index in [0.29, 0.717) is 17.3 Å². The third kappa shape index (κ3) is 5.09. The van der Waals surface area contributed by atoms with Gasteiger partial charge in [0.15, 0.2) is 0 Å². The van der Waals surface area contributed by atoms with Gasteiger partial charge in [-0.15, -0.1) is 0 Å². The van der Waals surface area contributed by atoms with Gasteiger partial charge in [-0.2, -0.15) is 0 Å². The minimum absolute atomic E-state index is 0.172. The molecule has 0 bridgehead atoms. The number of hydrazine groups is 1. The molecular formula is C10H15BrFN3O. The van der Waals surface area contributed by atoms with Gasteiger partial charge in [0.2, 0.25) is 6.41 Å². The van der Waals surface area contributed by atoms with Crippen LogP contribution in [0.1, 0.15) is 5.56 Å². The van der Waals surface area contributed by atoms with Gasteiger partial charge < -0.3 is 5.32 Å². The number of nitrogens with one attached hydrogen (secondary N) is 1. The molecule has 90 valence electrons. The zero-order valence-electron chi connectivity index (χ0n) is 9.21. The predicted molar refractivity (Wildman–Crippen MR) is 66.6 cm³/mol. The number of hydrogen-bond donors (Lipinski definition) is 2. The smallest absolute Gasteiger partial charge is 0.223 e. The highest BCUT2D eigenvalue weighted by molar-refractivity contribution is 9.08. The monoisotopic (exact) mass is 291 g/mol. The number of nitrogens with two attached hydrogens (primary N) is 1. The lowest BCUT2D eigenvalue weighted by molar-refractivity contribution is -0.117. The highest BCUT2D eigenvalue weighted by Gasteiger charge is 2.03. The molecule has 1 aromatic carbocycles. The molecule has 0 spiro atoms. The summed E-state index contributed by atoms with van der Waals surface area (Å²) in [7, 11) is 3.24. The standard InChI is InChI=1S/C8H9BrFN.C2H6N2O/c1-11-8-4-2-3-7(10)6(8)5-9;1-4(3)2-5/h2-4,11H,5H2,1H3;2H,3H2,1H3. The Morgan fingerprint density at radius 1 is 1.62 bits per heavy atom. The molecule has 0 saturated heterocycles. The fraction of sp³-hybridized carbons (Fsp3) is 0.300. The van der Waals surface area contributed by atoms with Gasteiger partial charge in [-0.1, -0.05) is 22.0 Å². The van der Waals surface area contributed by atoms with Gasteiger partial charge in [0.05, 0.1) is 0 Å². The molecule has 0 aromatic heterocycles. The van der Waals surface area contributed by atoms with Crippen molar-refractivity contribution in [3.63, 3.8) is 0 Å². The van der Waals surface area contributed by atoms with E-state index in [1.54, 1.807) is 13.1 Å². The third-order valence-electron chi connectivity index (χ3n) is 1.69. The summed E-state index contributed by atoms with van der Waals surface area (Å²) in [6, 6.07) is 4.99. The minimum Gasteiger partial charge on any atom is -0.388 e. The van der Waals surface area contributed by atoms with Crippen LogP contribution in [-0.2, 0) is 10.1 Å². The number of halogens is 2. The predicted octanol–water partition coefficient (Wildman–Crippen LogP) is 1.71. The summed E-state index contributed by atoms with van der Waals surface area (Å²) in [5.74, 6) is 4.58. The fourth-order valence-electron chi connectivity index (χ4n) is 0.929. The second-order valence-corrected chi connectivity index (χ2v) is 3.48. The SMILES string of the molecule is CN(N)C=O.CNc1cccc(F)c1CBr. The lowest BCUT2D eigenvalue weighted by Crippen LogP contribution is -2.23. The largest absolute Gasteiger partial charge is 0.388 e. The molecule has 0 fully saturated rings. The maximum Gasteiger partial charge on any atom is 0.223 e. The second kappa shape index (κ2) is 8.06. The third-order valence-corrected chi connectivity index (χ3v) is 2.25. The number of alkyl halides is 1. The first kappa shape index (κ1) is 14.9. The van der Waals surface area contributed by atoms with E-state index in [-0.39, 0.29) is 5.82 Å². The molecule has 0 heterocycles. The van der Waals surface area contributed by atoms with E-state index in [2.05, 4.69) is 21.2 Å². The molecule has 6 heteroatoms. The lowest BCUT2D eigenvalue weighted by atomic mass is 10.2. The Morgan fingerprint density at radius 3 is 2.50 bits per heavy atom. The van der Waals surface area contributed by atoms with Crippen LogP contribution in [0.5, 0.6) is 0 Å². The maximum absolute atomic E-state index is 13.0. The fourth-order valence-corrected chi connectivity index (χ4v) is 1.50. The van der Waals surface area contributed by atoms with E-state index >= 15 is 0 Å². The first-order chi connectivity index (χ1) is 7.56. The molecule has 4 nitrogen and oxygen atoms in total. The molecule has 1 rings (SSSR count). The van der Waals surface area contributed by atoms with Crippen LogP contribution in [0.4, 0.5) is 10.1 Å². The van der Waals surface area contributed by atoms with Gasteiger partial charge in [-0.3, -0.25) is 9.80 Å². The van der Waals surface area contributed by atoms with Crippen LogP contribution in [0, 0.1) is 5.82 Å². The average Bonchev–Trinajstić information content (AvgIpc) is 2.29. The van der Waals surface area contributed by atoms with E-state index in [9.17, 15) is 9.18 Å². The average molecular weight is 292 g/mol. The molecule has 0 radical (unpaired) electrons. The topological polar surface area (TPSA) is 58.4 Å². The van der Waals surface area contributed by atoms with E-state index in [1.807, 2.05) is 6.07 Å². The Labute approximate surface area is 103 Å². The maximum atomic E-state index is 13.0. The van der Waals surface area contributed by atoms with Crippen molar-refractivity contribution >= 4 is 28.0 Å². The first-order valence-corrected chi connectivity index (χ1v) is 5.62. The molecule has 1 amide bonds. The molecule has 3 N–H and O–H groups in total. The van der Waals surface area contributed by atoms with Gasteiger partial charge >= 0.3 is 0 Å². The molecule has 0 saturated carbocycles. The van der Waals surface area contributed by atoms with Crippen molar-refractivity contribution in [2.45, 2.75) is 5.33 Å². The number of hydrogen-bond acceptors (Lipinski definition) is 3. The zero-order valence-corrected chi connectivity index (χ0v) is 10.8. The number of amides is 1. The van der Waals surface area contributed by atoms with Crippen LogP contribution in [0.3, 0.4) is 0 Å². The van der Waals surface area contributed by atoms with Gasteiger partial charge in [0.25, 0.3) is 0 Å². The Bertz CT molecular complexity index is 334. The molecular weight excluding hydrogens is 277 g/mol. The van der Waals surface area contributed by atoms with Crippen molar-refractivity contribution in [1.29, 1.82) is 0 Å². The normalized spacial score (nSPS) is 8.81. The van der Waals surface area contributed by atoms with Crippen LogP contribution >= 0.6 is 15.9 Å². The highest BCUT2D eigenvalue weighted by Crippen LogP contribution is 2.20. The Kier molecular flexibility index (Phi) is 7.49. The second-order valence-electron chi connectivity index (χ2n) is 2.92. The van der Waals surface area contributed by atoms with E-state index in [0.717, 1.165) is 10.7 Å². The number of nitrogens with zero attached hydrogens (tertiary/aromatic N) is 1. The van der Waals surface area contributed by atoms with Gasteiger partial charge in [0.1, 0.15) is 5.82 Å². The zero-order chi connectivity index (χ0) is 12.6. The van der Waals surface area contributed by atoms with Crippen molar-refractivity contribution < 1.29 is 9.18 Å². The highest BCUT2D eigenvalue weighted by atomic mass is 79.9. The summed E-state index contributed by atoms with van der Waals surface area (Å²) in [6.45, 7) is 0. The van der Waals surface area contributed by atoms with Crippen LogP contribution < -0.4 is 11.2 Å². The van der Waals surface area contributed by atoms with Crippen LogP contribution in [0.25, 0.3) is 0 Å². The minimum atomic E-state index is -0.172. The van der Waals surface area contributed by atoms with Crippen molar-refractivity contribution in [1.82, 2.24) is 5.01 Å². The van der Waals surface area contributed by atoms with E-state index in [1.165, 1.54) is 13.1 Å². The van der Waals surface area contributed by atoms with E-state index < -0.39 is 0 Å². The van der Waals surface area contributed by atoms with Gasteiger partial charge in [-0.25, -0.2) is 10.2 Å². The summed E-state index contributed by atoms with van der Waals surface area (Å²) >= 11 is 3.22. The molecule has 0 atom stereocenters. The molecule has 1 aromatic rings. The number of rotatable bonds is 3. The number of carbonyl (C=O) groups excluding carboxylic acids is 1. The number of anilines is 1. The summed E-state index contributed by atoms with van der Waals surface area (Å²) in [5, 5.41) is 4.40. The first-order valence-electron chi connectivity index (χ1n) is 4.50. The Balaban J connectivity index is 0.000000385.